The highest BCUT2D eigenvalue weighted by Gasteiger charge is 2.49. The van der Waals surface area contributed by atoms with Crippen molar-refractivity contribution in [1.29, 1.82) is 0 Å². The largest absolute Gasteiger partial charge is 0.497 e. The maximum atomic E-state index is 12.5. The van der Waals surface area contributed by atoms with Crippen LogP contribution < -0.4 is 4.74 Å². The highest BCUT2D eigenvalue weighted by molar-refractivity contribution is 9.12. The number of halogens is 2. The second-order valence-corrected chi connectivity index (χ2v) is 9.80. The van der Waals surface area contributed by atoms with E-state index in [-0.39, 0.29) is 35.8 Å². The van der Waals surface area contributed by atoms with Crippen LogP contribution in [0.1, 0.15) is 38.3 Å². The van der Waals surface area contributed by atoms with Crippen molar-refractivity contribution in [3.63, 3.8) is 0 Å². The molecule has 1 aromatic carbocycles. The predicted molar refractivity (Wildman–Crippen MR) is 125 cm³/mol. The van der Waals surface area contributed by atoms with Gasteiger partial charge in [-0.25, -0.2) is 0 Å². The van der Waals surface area contributed by atoms with Gasteiger partial charge in [-0.05, 0) is 81.3 Å². The summed E-state index contributed by atoms with van der Waals surface area (Å²) in [5, 5.41) is 0. The van der Waals surface area contributed by atoms with Gasteiger partial charge in [0.2, 0.25) is 0 Å². The number of methoxy groups -OCH3 is 1. The summed E-state index contributed by atoms with van der Waals surface area (Å²) in [6, 6.07) is 8.40. The molecule has 7 heteroatoms. The van der Waals surface area contributed by atoms with Crippen LogP contribution in [0.5, 0.6) is 5.75 Å². The van der Waals surface area contributed by atoms with Crippen LogP contribution in [0.3, 0.4) is 0 Å². The lowest BCUT2D eigenvalue weighted by Crippen LogP contribution is -2.51. The smallest absolute Gasteiger partial charge is 0.309 e. The number of rotatable bonds is 5. The molecule has 0 radical (unpaired) electrons. The van der Waals surface area contributed by atoms with E-state index >= 15 is 0 Å². The van der Waals surface area contributed by atoms with E-state index < -0.39 is 0 Å². The molecule has 1 aromatic rings. The molecule has 1 saturated carbocycles. The van der Waals surface area contributed by atoms with Crippen molar-refractivity contribution in [3.05, 3.63) is 51.1 Å². The molecule has 0 amide bonds. The summed E-state index contributed by atoms with van der Waals surface area (Å²) in [5.74, 6) is 2.05. The zero-order valence-corrected chi connectivity index (χ0v) is 20.5. The highest BCUT2D eigenvalue weighted by atomic mass is 79.9. The monoisotopic (exact) mass is 536 g/mol. The molecule has 5 unspecified atom stereocenters. The fourth-order valence-electron chi connectivity index (χ4n) is 4.81. The van der Waals surface area contributed by atoms with Gasteiger partial charge in [0, 0.05) is 16.6 Å². The summed E-state index contributed by atoms with van der Waals surface area (Å²) in [6.45, 7) is 4.53. The van der Waals surface area contributed by atoms with Gasteiger partial charge >= 0.3 is 5.97 Å². The third-order valence-electron chi connectivity index (χ3n) is 6.41. The molecule has 5 nitrogen and oxygen atoms in total. The van der Waals surface area contributed by atoms with Crippen LogP contribution in [0.25, 0.3) is 0 Å². The maximum absolute atomic E-state index is 12.5. The topological polar surface area (TPSA) is 51.1 Å². The molecule has 0 saturated heterocycles. The van der Waals surface area contributed by atoms with Crippen LogP contribution in [-0.2, 0) is 9.53 Å². The number of amidine groups is 1. The van der Waals surface area contributed by atoms with Gasteiger partial charge < -0.3 is 14.4 Å². The van der Waals surface area contributed by atoms with Crippen molar-refractivity contribution >= 4 is 43.7 Å². The Morgan fingerprint density at radius 2 is 1.97 bits per heavy atom. The molecule has 1 aliphatic carbocycles. The summed E-state index contributed by atoms with van der Waals surface area (Å²) in [7, 11) is 1.68. The van der Waals surface area contributed by atoms with Crippen LogP contribution in [0, 0.1) is 17.8 Å². The lowest BCUT2D eigenvalue weighted by molar-refractivity contribution is -0.155. The first-order valence-electron chi connectivity index (χ1n) is 10.4. The fraction of sp³-hybridized carbons (Fsp3) is 0.478. The number of ether oxygens (including phenoxy) is 2. The zero-order valence-electron chi connectivity index (χ0n) is 17.3. The predicted octanol–water partition coefficient (Wildman–Crippen LogP) is 5.57. The van der Waals surface area contributed by atoms with Gasteiger partial charge in [0.05, 0.1) is 36.2 Å². The molecule has 160 valence electrons. The number of benzene rings is 1. The Morgan fingerprint density at radius 1 is 1.23 bits per heavy atom. The minimum atomic E-state index is -0.0783. The van der Waals surface area contributed by atoms with Crippen LogP contribution in [0.15, 0.2) is 50.5 Å². The number of fused-ring (bicyclic) bond motifs is 1. The minimum absolute atomic E-state index is 0.0535. The first-order valence-corrected chi connectivity index (χ1v) is 11.9. The quantitative estimate of drug-likeness (QED) is 0.460. The van der Waals surface area contributed by atoms with Gasteiger partial charge in [-0.1, -0.05) is 19.1 Å². The Morgan fingerprint density at radius 3 is 2.57 bits per heavy atom. The van der Waals surface area contributed by atoms with Crippen molar-refractivity contribution < 1.29 is 14.3 Å². The first-order chi connectivity index (χ1) is 14.4. The SMILES string of the molecule is CCOC(=O)C1CCC1C1N=C2C(Br)=CC(Br)=CN2C(c2ccc(OC)cc2)C1C. The molecule has 2 heterocycles. The van der Waals surface area contributed by atoms with Crippen LogP contribution in [0.2, 0.25) is 0 Å². The minimum Gasteiger partial charge on any atom is -0.497 e. The molecule has 4 rings (SSSR count). The third-order valence-corrected chi connectivity index (χ3v) is 7.42. The van der Waals surface area contributed by atoms with Crippen LogP contribution in [0.4, 0.5) is 0 Å². The number of esters is 1. The van der Waals surface area contributed by atoms with E-state index in [0.29, 0.717) is 6.61 Å². The van der Waals surface area contributed by atoms with E-state index in [4.69, 9.17) is 14.5 Å². The molecule has 5 atom stereocenters. The number of allylic oxidation sites excluding steroid dienone is 2. The zero-order chi connectivity index (χ0) is 21.4. The molecular weight excluding hydrogens is 512 g/mol. The van der Waals surface area contributed by atoms with Crippen molar-refractivity contribution in [3.8, 4) is 5.75 Å². The molecule has 0 spiro atoms. The van der Waals surface area contributed by atoms with Gasteiger partial charge in [0.1, 0.15) is 11.6 Å². The standard InChI is InChI=1S/C23H26Br2N2O3/c1-4-30-23(28)18-10-9-17(18)20-13(2)21(14-5-7-16(29-3)8-6-14)27-12-15(24)11-19(25)22(27)26-20/h5-8,11-13,17-18,20-21H,4,9-10H2,1-3H3. The summed E-state index contributed by atoms with van der Waals surface area (Å²) < 4.78 is 12.6. The highest BCUT2D eigenvalue weighted by Crippen LogP contribution is 2.49. The van der Waals surface area contributed by atoms with Crippen LogP contribution >= 0.6 is 31.9 Å². The van der Waals surface area contributed by atoms with E-state index in [1.165, 1.54) is 5.56 Å². The van der Waals surface area contributed by atoms with Gasteiger partial charge in [-0.15, -0.1) is 0 Å². The molecule has 3 aliphatic rings. The molecule has 0 bridgehead atoms. The van der Waals surface area contributed by atoms with Crippen LogP contribution in [-0.4, -0.2) is 36.5 Å². The molecule has 2 aliphatic heterocycles. The average Bonchev–Trinajstić information content (AvgIpc) is 2.68. The van der Waals surface area contributed by atoms with E-state index in [0.717, 1.165) is 33.4 Å². The number of aliphatic imine (C=N–C) groups is 1. The normalized spacial score (nSPS) is 30.4. The molecular formula is C23H26Br2N2O3. The molecule has 0 aromatic heterocycles. The Hall–Kier alpha value is -1.60. The second kappa shape index (κ2) is 8.87. The second-order valence-electron chi connectivity index (χ2n) is 8.03. The number of nitrogens with zero attached hydrogens (tertiary/aromatic N) is 2. The lowest BCUT2D eigenvalue weighted by Gasteiger charge is -2.49. The molecule has 1 fully saturated rings. The summed E-state index contributed by atoms with van der Waals surface area (Å²) in [5.41, 5.74) is 1.20. The van der Waals surface area contributed by atoms with Crippen molar-refractivity contribution in [2.24, 2.45) is 22.7 Å². The third kappa shape index (κ3) is 3.86. The van der Waals surface area contributed by atoms with E-state index in [1.807, 2.05) is 25.1 Å². The Balaban J connectivity index is 1.72. The number of carbonyl (C=O) groups is 1. The van der Waals surface area contributed by atoms with Crippen molar-refractivity contribution in [1.82, 2.24) is 4.90 Å². The van der Waals surface area contributed by atoms with E-state index in [1.54, 1.807) is 7.11 Å². The molecule has 0 N–H and O–H groups in total. The van der Waals surface area contributed by atoms with Gasteiger partial charge in [-0.3, -0.25) is 9.79 Å². The van der Waals surface area contributed by atoms with Gasteiger partial charge in [0.15, 0.2) is 0 Å². The van der Waals surface area contributed by atoms with Gasteiger partial charge in [-0.2, -0.15) is 0 Å². The number of carbonyl (C=O) groups excluding carboxylic acids is 1. The van der Waals surface area contributed by atoms with Crippen molar-refractivity contribution in [2.75, 3.05) is 13.7 Å². The fourth-order valence-corrected chi connectivity index (χ4v) is 6.12. The lowest BCUT2D eigenvalue weighted by atomic mass is 9.65. The summed E-state index contributed by atoms with van der Waals surface area (Å²) in [6.07, 6.45) is 6.01. The number of hydrogen-bond donors (Lipinski definition) is 0. The molecule has 30 heavy (non-hydrogen) atoms. The Bertz CT molecular complexity index is 910. The van der Waals surface area contributed by atoms with E-state index in [9.17, 15) is 4.79 Å². The average molecular weight is 538 g/mol. The first kappa shape index (κ1) is 21.6. The van der Waals surface area contributed by atoms with Gasteiger partial charge in [0.25, 0.3) is 0 Å². The Kier molecular flexibility index (Phi) is 6.39. The summed E-state index contributed by atoms with van der Waals surface area (Å²) >= 11 is 7.33. The maximum Gasteiger partial charge on any atom is 0.309 e. The summed E-state index contributed by atoms with van der Waals surface area (Å²) in [4.78, 5) is 19.9. The van der Waals surface area contributed by atoms with Crippen molar-refractivity contribution in [2.45, 2.75) is 38.8 Å². The van der Waals surface area contributed by atoms with E-state index in [2.05, 4.69) is 62.0 Å². The Labute approximate surface area is 194 Å². The number of hydrogen-bond acceptors (Lipinski definition) is 5.